The van der Waals surface area contributed by atoms with Crippen molar-refractivity contribution in [2.75, 3.05) is 16.0 Å². The molecule has 1 heterocycles. The number of carbonyl (C=O) groups is 2. The Morgan fingerprint density at radius 2 is 1.67 bits per heavy atom. The predicted octanol–water partition coefficient (Wildman–Crippen LogP) is 5.65. The number of halogens is 2. The van der Waals surface area contributed by atoms with Crippen LogP contribution in [0.3, 0.4) is 0 Å². The van der Waals surface area contributed by atoms with Gasteiger partial charge in [-0.3, -0.25) is 10.1 Å². The smallest absolute Gasteiger partial charge is 0.321 e. The van der Waals surface area contributed by atoms with E-state index in [9.17, 15) is 9.59 Å². The third kappa shape index (κ3) is 4.97. The summed E-state index contributed by atoms with van der Waals surface area (Å²) in [5.41, 5.74) is 1.67. The highest BCUT2D eigenvalue weighted by molar-refractivity contribution is 7.17. The van der Waals surface area contributed by atoms with Crippen molar-refractivity contribution in [3.05, 3.63) is 69.1 Å². The summed E-state index contributed by atoms with van der Waals surface area (Å²) >= 11 is 12.9. The molecule has 0 fully saturated rings. The van der Waals surface area contributed by atoms with Crippen LogP contribution in [0.2, 0.25) is 10.0 Å². The second-order valence-corrected chi connectivity index (χ2v) is 7.28. The first-order chi connectivity index (χ1) is 12.9. The van der Waals surface area contributed by atoms with E-state index < -0.39 is 6.03 Å². The molecule has 2 aromatic carbocycles. The van der Waals surface area contributed by atoms with E-state index >= 15 is 0 Å². The summed E-state index contributed by atoms with van der Waals surface area (Å²) in [4.78, 5) is 29.1. The van der Waals surface area contributed by atoms with Crippen LogP contribution in [0.25, 0.3) is 0 Å². The van der Waals surface area contributed by atoms with Crippen molar-refractivity contribution in [3.8, 4) is 0 Å². The summed E-state index contributed by atoms with van der Waals surface area (Å²) in [5.74, 6) is -0.347. The number of hydrogen-bond acceptors (Lipinski definition) is 4. The molecule has 138 valence electrons. The van der Waals surface area contributed by atoms with Gasteiger partial charge >= 0.3 is 6.03 Å². The fourth-order valence-corrected chi connectivity index (χ4v) is 3.36. The number of urea groups is 1. The Morgan fingerprint density at radius 3 is 2.37 bits per heavy atom. The van der Waals surface area contributed by atoms with Gasteiger partial charge in [0.15, 0.2) is 5.13 Å². The second kappa shape index (κ2) is 8.39. The van der Waals surface area contributed by atoms with E-state index in [-0.39, 0.29) is 5.91 Å². The van der Waals surface area contributed by atoms with Crippen LogP contribution >= 0.6 is 34.5 Å². The molecular formula is C18H14Cl2N4O2S. The summed E-state index contributed by atoms with van der Waals surface area (Å²) in [7, 11) is 0. The normalized spacial score (nSPS) is 10.3. The van der Waals surface area contributed by atoms with E-state index in [0.29, 0.717) is 37.1 Å². The van der Waals surface area contributed by atoms with E-state index in [1.54, 1.807) is 37.3 Å². The Kier molecular flexibility index (Phi) is 5.95. The molecule has 0 radical (unpaired) electrons. The number of aromatic nitrogens is 1. The molecule has 3 N–H and O–H groups in total. The zero-order valence-corrected chi connectivity index (χ0v) is 16.4. The fraction of sp³-hybridized carbons (Fsp3) is 0.0556. The van der Waals surface area contributed by atoms with E-state index in [1.165, 1.54) is 0 Å². The predicted molar refractivity (Wildman–Crippen MR) is 110 cm³/mol. The van der Waals surface area contributed by atoms with E-state index in [2.05, 4.69) is 20.9 Å². The minimum atomic E-state index is -0.439. The van der Waals surface area contributed by atoms with Crippen molar-refractivity contribution in [3.63, 3.8) is 0 Å². The van der Waals surface area contributed by atoms with Crippen LogP contribution in [-0.2, 0) is 0 Å². The molecule has 6 nitrogen and oxygen atoms in total. The summed E-state index contributed by atoms with van der Waals surface area (Å²) in [6.07, 6.45) is 0. The summed E-state index contributed by atoms with van der Waals surface area (Å²) in [5, 5.41) is 9.11. The third-order valence-corrected chi connectivity index (χ3v) is 5.24. The van der Waals surface area contributed by atoms with Crippen molar-refractivity contribution >= 4 is 63.0 Å². The molecule has 3 aromatic rings. The molecule has 0 bridgehead atoms. The van der Waals surface area contributed by atoms with Crippen LogP contribution in [0.15, 0.2) is 48.5 Å². The number of anilines is 3. The van der Waals surface area contributed by atoms with Gasteiger partial charge in [0.25, 0.3) is 5.91 Å². The maximum absolute atomic E-state index is 12.5. The van der Waals surface area contributed by atoms with Gasteiger partial charge in [-0.1, -0.05) is 52.7 Å². The Hall–Kier alpha value is -2.61. The van der Waals surface area contributed by atoms with Crippen LogP contribution in [0.5, 0.6) is 0 Å². The lowest BCUT2D eigenvalue weighted by Gasteiger charge is -2.05. The van der Waals surface area contributed by atoms with Gasteiger partial charge < -0.3 is 10.6 Å². The summed E-state index contributed by atoms with van der Waals surface area (Å²) in [6, 6.07) is 13.4. The zero-order chi connectivity index (χ0) is 19.4. The molecule has 0 aliphatic heterocycles. The van der Waals surface area contributed by atoms with Crippen molar-refractivity contribution in [2.45, 2.75) is 6.92 Å². The average molecular weight is 421 g/mol. The Labute approximate surface area is 169 Å². The van der Waals surface area contributed by atoms with Gasteiger partial charge in [0.1, 0.15) is 4.88 Å². The van der Waals surface area contributed by atoms with Crippen molar-refractivity contribution in [1.82, 2.24) is 4.98 Å². The quantitative estimate of drug-likeness (QED) is 0.509. The van der Waals surface area contributed by atoms with E-state index in [4.69, 9.17) is 23.2 Å². The molecule has 0 saturated heterocycles. The molecule has 0 atom stereocenters. The molecule has 1 aromatic heterocycles. The first-order valence-electron chi connectivity index (χ1n) is 7.79. The van der Waals surface area contributed by atoms with Crippen LogP contribution in [0.4, 0.5) is 21.3 Å². The van der Waals surface area contributed by atoms with Gasteiger partial charge in [-0.05, 0) is 37.3 Å². The van der Waals surface area contributed by atoms with Gasteiger partial charge in [0.05, 0.1) is 15.7 Å². The third-order valence-electron chi connectivity index (χ3n) is 3.43. The lowest BCUT2D eigenvalue weighted by Crippen LogP contribution is -2.19. The number of nitrogens with zero attached hydrogens (tertiary/aromatic N) is 1. The van der Waals surface area contributed by atoms with Crippen LogP contribution in [0.1, 0.15) is 15.4 Å². The van der Waals surface area contributed by atoms with Crippen molar-refractivity contribution < 1.29 is 9.59 Å². The first-order valence-corrected chi connectivity index (χ1v) is 9.36. The molecule has 3 rings (SSSR count). The molecule has 9 heteroatoms. The standard InChI is InChI=1S/C18H14Cl2N4O2S/c1-10-15(16(25)22-12-7-8-13(19)14(20)9-12)27-18(21-10)24-17(26)23-11-5-3-2-4-6-11/h2-9H,1H3,(H,22,25)(H2,21,23,24,26). The van der Waals surface area contributed by atoms with Crippen LogP contribution < -0.4 is 16.0 Å². The second-order valence-electron chi connectivity index (χ2n) is 5.46. The molecule has 0 aliphatic carbocycles. The summed E-state index contributed by atoms with van der Waals surface area (Å²) in [6.45, 7) is 1.69. The minimum absolute atomic E-state index is 0.320. The number of thiazole rings is 1. The molecular weight excluding hydrogens is 407 g/mol. The number of nitrogens with one attached hydrogen (secondary N) is 3. The largest absolute Gasteiger partial charge is 0.325 e. The van der Waals surface area contributed by atoms with Crippen LogP contribution in [-0.4, -0.2) is 16.9 Å². The number of rotatable bonds is 4. The minimum Gasteiger partial charge on any atom is -0.321 e. The highest BCUT2D eigenvalue weighted by atomic mass is 35.5. The molecule has 3 amide bonds. The Morgan fingerprint density at radius 1 is 0.926 bits per heavy atom. The SMILES string of the molecule is Cc1nc(NC(=O)Nc2ccccc2)sc1C(=O)Nc1ccc(Cl)c(Cl)c1. The molecule has 0 saturated carbocycles. The maximum atomic E-state index is 12.5. The highest BCUT2D eigenvalue weighted by Crippen LogP contribution is 2.27. The number of amides is 3. The first kappa shape index (κ1) is 19.2. The fourth-order valence-electron chi connectivity index (χ4n) is 2.20. The van der Waals surface area contributed by atoms with E-state index in [0.717, 1.165) is 11.3 Å². The maximum Gasteiger partial charge on any atom is 0.325 e. The average Bonchev–Trinajstić information content (AvgIpc) is 2.99. The van der Waals surface area contributed by atoms with Crippen molar-refractivity contribution in [2.24, 2.45) is 0 Å². The van der Waals surface area contributed by atoms with Gasteiger partial charge in [-0.2, -0.15) is 0 Å². The number of para-hydroxylation sites is 1. The molecule has 0 spiro atoms. The van der Waals surface area contributed by atoms with Gasteiger partial charge in [-0.25, -0.2) is 9.78 Å². The van der Waals surface area contributed by atoms with Gasteiger partial charge in [0.2, 0.25) is 0 Å². The number of hydrogen-bond donors (Lipinski definition) is 3. The Balaban J connectivity index is 1.67. The summed E-state index contributed by atoms with van der Waals surface area (Å²) < 4.78 is 0. The zero-order valence-electron chi connectivity index (χ0n) is 14.0. The molecule has 0 unspecified atom stereocenters. The number of carbonyl (C=O) groups excluding carboxylic acids is 2. The number of benzene rings is 2. The lowest BCUT2D eigenvalue weighted by molar-refractivity contribution is 0.103. The number of aryl methyl sites for hydroxylation is 1. The topological polar surface area (TPSA) is 83.1 Å². The van der Waals surface area contributed by atoms with Gasteiger partial charge in [-0.15, -0.1) is 0 Å². The lowest BCUT2D eigenvalue weighted by atomic mass is 10.3. The van der Waals surface area contributed by atoms with Gasteiger partial charge in [0, 0.05) is 11.4 Å². The molecule has 0 aliphatic rings. The highest BCUT2D eigenvalue weighted by Gasteiger charge is 2.17. The Bertz CT molecular complexity index is 992. The molecule has 27 heavy (non-hydrogen) atoms. The van der Waals surface area contributed by atoms with Crippen molar-refractivity contribution in [1.29, 1.82) is 0 Å². The monoisotopic (exact) mass is 420 g/mol. The van der Waals surface area contributed by atoms with E-state index in [1.807, 2.05) is 18.2 Å². The van der Waals surface area contributed by atoms with Crippen LogP contribution in [0, 0.1) is 6.92 Å².